The number of unbranched alkanes of at least 4 members (excludes halogenated alkanes) is 1. The van der Waals surface area contributed by atoms with Crippen molar-refractivity contribution in [3.63, 3.8) is 0 Å². The number of ketones is 2. The number of fused-ring (bicyclic) bond motifs is 2. The number of benzene rings is 2. The molecule has 0 radical (unpaired) electrons. The van der Waals surface area contributed by atoms with E-state index in [1.165, 1.54) is 18.2 Å². The van der Waals surface area contributed by atoms with Gasteiger partial charge in [0.1, 0.15) is 11.5 Å². The zero-order valence-electron chi connectivity index (χ0n) is 16.5. The minimum Gasteiger partial charge on any atom is -0.507 e. The summed E-state index contributed by atoms with van der Waals surface area (Å²) < 4.78 is 0. The molecule has 0 bridgehead atoms. The molecular weight excluding hydrogens is 411 g/mol. The minimum atomic E-state index is -0.615. The van der Waals surface area contributed by atoms with Crippen LogP contribution >= 0.6 is 23.2 Å². The van der Waals surface area contributed by atoms with Crippen LogP contribution in [0.15, 0.2) is 18.2 Å². The van der Waals surface area contributed by atoms with Crippen LogP contribution in [0.3, 0.4) is 0 Å². The quantitative estimate of drug-likeness (QED) is 0.426. The Bertz CT molecular complexity index is 982. The van der Waals surface area contributed by atoms with Crippen molar-refractivity contribution in [1.29, 1.82) is 0 Å². The highest BCUT2D eigenvalue weighted by atomic mass is 35.5. The van der Waals surface area contributed by atoms with Crippen LogP contribution in [0.2, 0.25) is 10.0 Å². The van der Waals surface area contributed by atoms with Gasteiger partial charge in [-0.05, 0) is 42.5 Å². The van der Waals surface area contributed by atoms with E-state index in [0.29, 0.717) is 17.9 Å². The lowest BCUT2D eigenvalue weighted by Crippen LogP contribution is -2.23. The molecule has 0 aliphatic heterocycles. The third-order valence-corrected chi connectivity index (χ3v) is 6.37. The van der Waals surface area contributed by atoms with Gasteiger partial charge in [0.05, 0.1) is 32.3 Å². The maximum atomic E-state index is 13.1. The highest BCUT2D eigenvalue weighted by Gasteiger charge is 2.38. The van der Waals surface area contributed by atoms with E-state index in [0.717, 1.165) is 32.1 Å². The summed E-state index contributed by atoms with van der Waals surface area (Å²) in [4.78, 5) is 26.1. The maximum absolute atomic E-state index is 13.1. The highest BCUT2D eigenvalue weighted by molar-refractivity contribution is 6.44. The molecule has 1 aliphatic carbocycles. The van der Waals surface area contributed by atoms with Crippen molar-refractivity contribution in [2.75, 3.05) is 0 Å². The molecule has 0 saturated carbocycles. The second-order valence-electron chi connectivity index (χ2n) is 7.55. The van der Waals surface area contributed by atoms with Crippen LogP contribution in [0.4, 0.5) is 0 Å². The summed E-state index contributed by atoms with van der Waals surface area (Å²) in [7, 11) is 0. The van der Waals surface area contributed by atoms with E-state index in [-0.39, 0.29) is 43.8 Å². The van der Waals surface area contributed by atoms with Gasteiger partial charge in [0.15, 0.2) is 11.6 Å². The van der Waals surface area contributed by atoms with Crippen LogP contribution in [0.1, 0.15) is 83.4 Å². The number of hydrogen-bond acceptors (Lipinski definition) is 4. The van der Waals surface area contributed by atoms with Gasteiger partial charge in [0, 0.05) is 0 Å². The standard InChI is InChI=1S/C23H24Cl2O4/c1-3-5-6-12(4-2)7-8-13-11-16(26)19-20(21(13)27)23(29)18-15(25)10-9-14(24)17(18)22(19)28/h9-12,26-27H,3-8H2,1-2H3. The van der Waals surface area contributed by atoms with Gasteiger partial charge < -0.3 is 10.2 Å². The zero-order valence-corrected chi connectivity index (χ0v) is 18.0. The van der Waals surface area contributed by atoms with Gasteiger partial charge in [-0.15, -0.1) is 0 Å². The van der Waals surface area contributed by atoms with Crippen LogP contribution in [0.25, 0.3) is 0 Å². The Morgan fingerprint density at radius 3 is 2.03 bits per heavy atom. The summed E-state index contributed by atoms with van der Waals surface area (Å²) >= 11 is 12.3. The van der Waals surface area contributed by atoms with Gasteiger partial charge in [-0.2, -0.15) is 0 Å². The molecule has 6 heteroatoms. The van der Waals surface area contributed by atoms with E-state index < -0.39 is 11.6 Å². The van der Waals surface area contributed by atoms with Gasteiger partial charge in [-0.25, -0.2) is 0 Å². The highest BCUT2D eigenvalue weighted by Crippen LogP contribution is 2.44. The lowest BCUT2D eigenvalue weighted by Gasteiger charge is -2.23. The molecule has 0 aromatic heterocycles. The lowest BCUT2D eigenvalue weighted by molar-refractivity contribution is 0.0974. The summed E-state index contributed by atoms with van der Waals surface area (Å²) in [5.41, 5.74) is -0.0178. The van der Waals surface area contributed by atoms with Gasteiger partial charge in [-0.1, -0.05) is 62.7 Å². The number of aromatic hydroxyl groups is 2. The molecule has 2 aromatic carbocycles. The Morgan fingerprint density at radius 2 is 1.48 bits per heavy atom. The fraction of sp³-hybridized carbons (Fsp3) is 0.391. The first-order valence-corrected chi connectivity index (χ1v) is 10.7. The normalized spacial score (nSPS) is 13.9. The largest absolute Gasteiger partial charge is 0.507 e. The van der Waals surface area contributed by atoms with E-state index in [1.54, 1.807) is 0 Å². The number of phenolic OH excluding ortho intramolecular Hbond substituents is 2. The predicted octanol–water partition coefficient (Wildman–Crippen LogP) is 6.33. The third kappa shape index (κ3) is 3.88. The summed E-state index contributed by atoms with van der Waals surface area (Å²) in [5, 5.41) is 21.5. The predicted molar refractivity (Wildman–Crippen MR) is 115 cm³/mol. The van der Waals surface area contributed by atoms with E-state index in [1.807, 2.05) is 0 Å². The van der Waals surface area contributed by atoms with Crippen LogP contribution in [-0.4, -0.2) is 21.8 Å². The zero-order chi connectivity index (χ0) is 21.3. The first kappa shape index (κ1) is 21.7. The number of rotatable bonds is 7. The number of carbonyl (C=O) groups excluding carboxylic acids is 2. The van der Waals surface area contributed by atoms with Gasteiger partial charge in [0.2, 0.25) is 0 Å². The van der Waals surface area contributed by atoms with Crippen molar-refractivity contribution < 1.29 is 19.8 Å². The molecule has 4 nitrogen and oxygen atoms in total. The molecule has 0 fully saturated rings. The SMILES string of the molecule is CCCCC(CC)CCc1cc(O)c2c(c1O)C(=O)c1c(Cl)ccc(Cl)c1C2=O. The molecule has 29 heavy (non-hydrogen) atoms. The molecule has 0 spiro atoms. The molecule has 1 unspecified atom stereocenters. The fourth-order valence-corrected chi connectivity index (χ4v) is 4.49. The second kappa shape index (κ2) is 8.76. The van der Waals surface area contributed by atoms with E-state index in [9.17, 15) is 19.8 Å². The van der Waals surface area contributed by atoms with E-state index >= 15 is 0 Å². The van der Waals surface area contributed by atoms with Gasteiger partial charge in [0.25, 0.3) is 0 Å². The smallest absolute Gasteiger partial charge is 0.199 e. The Labute approximate surface area is 180 Å². The molecular formula is C23H24Cl2O4. The number of phenols is 2. The van der Waals surface area contributed by atoms with Crippen molar-refractivity contribution >= 4 is 34.8 Å². The molecule has 0 heterocycles. The number of carbonyl (C=O) groups is 2. The molecule has 0 saturated heterocycles. The molecule has 1 aliphatic rings. The Hall–Kier alpha value is -2.04. The van der Waals surface area contributed by atoms with Crippen molar-refractivity contribution in [3.05, 3.63) is 56.1 Å². The van der Waals surface area contributed by atoms with Crippen LogP contribution in [-0.2, 0) is 6.42 Å². The van der Waals surface area contributed by atoms with Crippen LogP contribution < -0.4 is 0 Å². The average Bonchev–Trinajstić information content (AvgIpc) is 2.69. The molecule has 0 amide bonds. The number of halogens is 2. The third-order valence-electron chi connectivity index (χ3n) is 5.74. The Kier molecular flexibility index (Phi) is 6.55. The molecule has 3 rings (SSSR count). The topological polar surface area (TPSA) is 74.6 Å². The van der Waals surface area contributed by atoms with Crippen LogP contribution in [0, 0.1) is 5.92 Å². The van der Waals surface area contributed by atoms with Crippen molar-refractivity contribution in [1.82, 2.24) is 0 Å². The molecule has 2 N–H and O–H groups in total. The minimum absolute atomic E-state index is 0.0297. The van der Waals surface area contributed by atoms with Crippen molar-refractivity contribution in [3.8, 4) is 11.5 Å². The summed E-state index contributed by atoms with van der Waals surface area (Å²) in [6.07, 6.45) is 5.73. The monoisotopic (exact) mass is 434 g/mol. The first-order chi connectivity index (χ1) is 13.8. The lowest BCUT2D eigenvalue weighted by atomic mass is 9.81. The van der Waals surface area contributed by atoms with E-state index in [2.05, 4.69) is 13.8 Å². The average molecular weight is 435 g/mol. The molecule has 2 aromatic rings. The fourth-order valence-electron chi connectivity index (χ4n) is 4.00. The van der Waals surface area contributed by atoms with Crippen LogP contribution in [0.5, 0.6) is 11.5 Å². The molecule has 1 atom stereocenters. The Balaban J connectivity index is 2.03. The number of hydrogen-bond donors (Lipinski definition) is 2. The van der Waals surface area contributed by atoms with Crippen molar-refractivity contribution in [2.24, 2.45) is 5.92 Å². The van der Waals surface area contributed by atoms with E-state index in [4.69, 9.17) is 23.2 Å². The summed E-state index contributed by atoms with van der Waals surface area (Å²) in [6, 6.07) is 4.26. The first-order valence-electron chi connectivity index (χ1n) is 9.96. The Morgan fingerprint density at radius 1 is 0.897 bits per heavy atom. The summed E-state index contributed by atoms with van der Waals surface area (Å²) in [5.74, 6) is -1.30. The van der Waals surface area contributed by atoms with Gasteiger partial charge >= 0.3 is 0 Å². The summed E-state index contributed by atoms with van der Waals surface area (Å²) in [6.45, 7) is 4.29. The molecule has 154 valence electrons. The van der Waals surface area contributed by atoms with Gasteiger partial charge in [-0.3, -0.25) is 9.59 Å². The number of aryl methyl sites for hydroxylation is 1. The second-order valence-corrected chi connectivity index (χ2v) is 8.36. The maximum Gasteiger partial charge on any atom is 0.199 e. The van der Waals surface area contributed by atoms with Crippen molar-refractivity contribution in [2.45, 2.75) is 52.4 Å².